The Labute approximate surface area is 137 Å². The van der Waals surface area contributed by atoms with Crippen molar-refractivity contribution in [2.75, 3.05) is 6.61 Å². The van der Waals surface area contributed by atoms with Crippen LogP contribution in [0.1, 0.15) is 27.7 Å². The van der Waals surface area contributed by atoms with Gasteiger partial charge in [-0.05, 0) is 0 Å². The molecule has 3 unspecified atom stereocenters. The molecule has 24 heavy (non-hydrogen) atoms. The number of aliphatic hydroxyl groups excluding tert-OH is 1. The molecule has 0 spiro atoms. The summed E-state index contributed by atoms with van der Waals surface area (Å²) in [6.45, 7) is 4.09. The van der Waals surface area contributed by atoms with Crippen molar-refractivity contribution in [3.63, 3.8) is 0 Å². The summed E-state index contributed by atoms with van der Waals surface area (Å²) < 4.78 is 25.0. The molecule has 0 bridgehead atoms. The first-order chi connectivity index (χ1) is 11.1. The Morgan fingerprint density at radius 1 is 0.792 bits per heavy atom. The van der Waals surface area contributed by atoms with Crippen molar-refractivity contribution in [3.8, 4) is 0 Å². The third-order valence-corrected chi connectivity index (χ3v) is 2.97. The third kappa shape index (κ3) is 5.78. The van der Waals surface area contributed by atoms with Crippen LogP contribution in [0.15, 0.2) is 0 Å². The Morgan fingerprint density at radius 3 is 1.71 bits per heavy atom. The summed E-state index contributed by atoms with van der Waals surface area (Å²) in [6.07, 6.45) is -6.79. The number of hydrogen-bond donors (Lipinski definition) is 1. The van der Waals surface area contributed by atoms with Gasteiger partial charge >= 0.3 is 23.9 Å². The summed E-state index contributed by atoms with van der Waals surface area (Å²) in [5.74, 6) is -2.87. The molecule has 0 aromatic carbocycles. The van der Waals surface area contributed by atoms with Gasteiger partial charge < -0.3 is 28.8 Å². The maximum Gasteiger partial charge on any atom is 0.303 e. The lowest BCUT2D eigenvalue weighted by Gasteiger charge is -2.42. The van der Waals surface area contributed by atoms with E-state index in [1.165, 1.54) is 0 Å². The van der Waals surface area contributed by atoms with Gasteiger partial charge in [0, 0.05) is 27.7 Å². The van der Waals surface area contributed by atoms with Gasteiger partial charge in [-0.25, -0.2) is 0 Å². The van der Waals surface area contributed by atoms with Crippen molar-refractivity contribution in [1.29, 1.82) is 0 Å². The highest BCUT2D eigenvalue weighted by molar-refractivity contribution is 5.68. The van der Waals surface area contributed by atoms with Crippen LogP contribution in [0.5, 0.6) is 0 Å². The van der Waals surface area contributed by atoms with E-state index in [9.17, 15) is 24.3 Å². The van der Waals surface area contributed by atoms with Crippen LogP contribution in [0.25, 0.3) is 0 Å². The summed E-state index contributed by atoms with van der Waals surface area (Å²) in [5.41, 5.74) is 0. The molecule has 10 nitrogen and oxygen atoms in total. The fourth-order valence-electron chi connectivity index (χ4n) is 2.21. The largest absolute Gasteiger partial charge is 0.463 e. The average molecular weight is 348 g/mol. The molecule has 0 radical (unpaired) electrons. The summed E-state index contributed by atoms with van der Waals surface area (Å²) >= 11 is 0. The maximum absolute atomic E-state index is 11.3. The average Bonchev–Trinajstić information content (AvgIpc) is 2.42. The molecule has 1 fully saturated rings. The first-order valence-electron chi connectivity index (χ1n) is 7.10. The van der Waals surface area contributed by atoms with Crippen molar-refractivity contribution in [3.05, 3.63) is 0 Å². The summed E-state index contributed by atoms with van der Waals surface area (Å²) in [7, 11) is 0. The fourth-order valence-corrected chi connectivity index (χ4v) is 2.21. The van der Waals surface area contributed by atoms with Gasteiger partial charge in [0.1, 0.15) is 12.7 Å². The first-order valence-corrected chi connectivity index (χ1v) is 7.10. The van der Waals surface area contributed by atoms with E-state index in [1.807, 2.05) is 0 Å². The SMILES string of the molecule is CC(=O)OCC1O[C@@H](O)C(OC(C)=O)C(OC(C)=O)[C@H]1OC(C)=O. The van der Waals surface area contributed by atoms with Gasteiger partial charge in [-0.2, -0.15) is 0 Å². The van der Waals surface area contributed by atoms with Gasteiger partial charge in [-0.1, -0.05) is 0 Å². The van der Waals surface area contributed by atoms with Crippen molar-refractivity contribution in [2.24, 2.45) is 0 Å². The van der Waals surface area contributed by atoms with Crippen molar-refractivity contribution >= 4 is 23.9 Å². The number of carbonyl (C=O) groups excluding carboxylic acids is 4. The second-order valence-electron chi connectivity index (χ2n) is 5.09. The summed E-state index contributed by atoms with van der Waals surface area (Å²) in [5, 5.41) is 10.0. The number of aliphatic hydroxyl groups is 1. The quantitative estimate of drug-likeness (QED) is 0.490. The molecule has 1 saturated heterocycles. The maximum atomic E-state index is 11.3. The summed E-state index contributed by atoms with van der Waals surface area (Å²) in [6, 6.07) is 0. The molecule has 1 aliphatic heterocycles. The molecule has 0 aromatic heterocycles. The van der Waals surface area contributed by atoms with Crippen LogP contribution in [-0.2, 0) is 42.9 Å². The van der Waals surface area contributed by atoms with Gasteiger partial charge in [-0.3, -0.25) is 19.2 Å². The van der Waals surface area contributed by atoms with E-state index >= 15 is 0 Å². The lowest BCUT2D eigenvalue weighted by molar-refractivity contribution is -0.296. The van der Waals surface area contributed by atoms with Crippen molar-refractivity contribution in [1.82, 2.24) is 0 Å². The van der Waals surface area contributed by atoms with E-state index in [1.54, 1.807) is 0 Å². The molecular weight excluding hydrogens is 328 g/mol. The van der Waals surface area contributed by atoms with Crippen LogP contribution >= 0.6 is 0 Å². The lowest BCUT2D eigenvalue weighted by atomic mass is 9.98. The van der Waals surface area contributed by atoms with Gasteiger partial charge in [0.2, 0.25) is 0 Å². The second-order valence-corrected chi connectivity index (χ2v) is 5.09. The molecule has 1 rings (SSSR count). The van der Waals surface area contributed by atoms with E-state index in [4.69, 9.17) is 23.7 Å². The minimum absolute atomic E-state index is 0.366. The molecule has 0 saturated carbocycles. The molecule has 136 valence electrons. The van der Waals surface area contributed by atoms with Crippen molar-refractivity contribution < 1.29 is 48.0 Å². The summed E-state index contributed by atoms with van der Waals surface area (Å²) in [4.78, 5) is 44.9. The topological polar surface area (TPSA) is 135 Å². The van der Waals surface area contributed by atoms with Crippen LogP contribution in [-0.4, -0.2) is 66.3 Å². The molecule has 10 heteroatoms. The Bertz CT molecular complexity index is 502. The van der Waals surface area contributed by atoms with E-state index < -0.39 is 54.6 Å². The van der Waals surface area contributed by atoms with E-state index in [-0.39, 0.29) is 6.61 Å². The van der Waals surface area contributed by atoms with Crippen LogP contribution < -0.4 is 0 Å². The Morgan fingerprint density at radius 2 is 1.25 bits per heavy atom. The van der Waals surface area contributed by atoms with E-state index in [0.29, 0.717) is 0 Å². The standard InChI is InChI=1S/C14H20O10/c1-6(15)20-5-10-11(21-7(2)16)12(22-8(3)17)13(14(19)24-10)23-9(4)18/h10-14,19H,5H2,1-4H3/t10?,11-,12?,13?,14+/m0/s1. The van der Waals surface area contributed by atoms with Gasteiger partial charge in [0.25, 0.3) is 0 Å². The minimum atomic E-state index is -1.68. The van der Waals surface area contributed by atoms with Crippen LogP contribution in [0.2, 0.25) is 0 Å². The molecule has 0 amide bonds. The van der Waals surface area contributed by atoms with Gasteiger partial charge in [0.05, 0.1) is 0 Å². The molecule has 5 atom stereocenters. The fraction of sp³-hybridized carbons (Fsp3) is 0.714. The molecule has 1 aliphatic rings. The number of ether oxygens (including phenoxy) is 5. The zero-order chi connectivity index (χ0) is 18.4. The van der Waals surface area contributed by atoms with E-state index in [0.717, 1.165) is 27.7 Å². The second kappa shape index (κ2) is 8.60. The normalized spacial score (nSPS) is 29.3. The van der Waals surface area contributed by atoms with Gasteiger partial charge in [-0.15, -0.1) is 0 Å². The monoisotopic (exact) mass is 348 g/mol. The number of rotatable bonds is 5. The number of carbonyl (C=O) groups is 4. The third-order valence-electron chi connectivity index (χ3n) is 2.97. The van der Waals surface area contributed by atoms with Crippen molar-refractivity contribution in [2.45, 2.75) is 58.4 Å². The highest BCUT2D eigenvalue weighted by Gasteiger charge is 2.51. The lowest BCUT2D eigenvalue weighted by Crippen LogP contribution is -2.62. The first kappa shape index (κ1) is 19.8. The zero-order valence-electron chi connectivity index (χ0n) is 13.7. The Balaban J connectivity index is 3.11. The van der Waals surface area contributed by atoms with Crippen LogP contribution in [0.4, 0.5) is 0 Å². The van der Waals surface area contributed by atoms with Crippen LogP contribution in [0.3, 0.4) is 0 Å². The highest BCUT2D eigenvalue weighted by Crippen LogP contribution is 2.28. The predicted molar refractivity (Wildman–Crippen MR) is 74.2 cm³/mol. The van der Waals surface area contributed by atoms with Crippen LogP contribution in [0, 0.1) is 0 Å². The molecular formula is C14H20O10. The Kier molecular flexibility index (Phi) is 7.11. The van der Waals surface area contributed by atoms with Gasteiger partial charge in [0.15, 0.2) is 24.6 Å². The highest BCUT2D eigenvalue weighted by atomic mass is 16.7. The molecule has 1 heterocycles. The van der Waals surface area contributed by atoms with E-state index in [2.05, 4.69) is 0 Å². The zero-order valence-corrected chi connectivity index (χ0v) is 13.7. The minimum Gasteiger partial charge on any atom is -0.463 e. The molecule has 0 aliphatic carbocycles. The molecule has 0 aromatic rings. The molecule has 1 N–H and O–H groups in total. The number of hydrogen-bond acceptors (Lipinski definition) is 10. The number of esters is 4. The Hall–Kier alpha value is -2.20. The smallest absolute Gasteiger partial charge is 0.303 e. The predicted octanol–water partition coefficient (Wildman–Crippen LogP) is -0.938.